The van der Waals surface area contributed by atoms with Crippen LogP contribution in [0.25, 0.3) is 0 Å². The summed E-state index contributed by atoms with van der Waals surface area (Å²) < 4.78 is 5.66. The minimum atomic E-state index is 0. The second-order valence-electron chi connectivity index (χ2n) is 8.77. The summed E-state index contributed by atoms with van der Waals surface area (Å²) in [5.74, 6) is 2.01. The number of rotatable bonds is 10. The lowest BCUT2D eigenvalue weighted by molar-refractivity contribution is 0.105. The van der Waals surface area contributed by atoms with Gasteiger partial charge >= 0.3 is 0 Å². The lowest BCUT2D eigenvalue weighted by Gasteiger charge is -2.30. The maximum absolute atomic E-state index is 5.66. The number of nitrogens with zero attached hydrogens (tertiary/aromatic N) is 3. The van der Waals surface area contributed by atoms with Gasteiger partial charge in [-0.3, -0.25) is 0 Å². The Balaban J connectivity index is 0.00000341. The monoisotopic (exact) mass is 543 g/mol. The summed E-state index contributed by atoms with van der Waals surface area (Å²) in [5, 5.41) is 7.06. The smallest absolute Gasteiger partial charge is 0.191 e. The number of aromatic nitrogens is 1. The van der Waals surface area contributed by atoms with Crippen molar-refractivity contribution in [2.45, 2.75) is 71.8 Å². The highest BCUT2D eigenvalue weighted by molar-refractivity contribution is 14.0. The van der Waals surface area contributed by atoms with Crippen LogP contribution in [0.3, 0.4) is 0 Å². The number of halogens is 1. The second-order valence-corrected chi connectivity index (χ2v) is 8.77. The number of pyridine rings is 1. The number of guanidine groups is 1. The average molecular weight is 544 g/mol. The van der Waals surface area contributed by atoms with Crippen LogP contribution in [0.1, 0.15) is 70.8 Å². The molecule has 1 saturated carbocycles. The molecule has 1 aromatic heterocycles. The Morgan fingerprint density at radius 3 is 2.61 bits per heavy atom. The summed E-state index contributed by atoms with van der Waals surface area (Å²) in [6, 6.07) is 4.29. The molecule has 2 fully saturated rings. The Hall–Kier alpha value is -1.09. The molecule has 1 aliphatic heterocycles. The van der Waals surface area contributed by atoms with E-state index in [1.165, 1.54) is 50.5 Å². The summed E-state index contributed by atoms with van der Waals surface area (Å²) in [7, 11) is 0. The van der Waals surface area contributed by atoms with Gasteiger partial charge in [0.25, 0.3) is 0 Å². The largest absolute Gasteiger partial charge is 0.382 e. The third kappa shape index (κ3) is 8.40. The first kappa shape index (κ1) is 26.2. The van der Waals surface area contributed by atoms with Crippen LogP contribution in [0.15, 0.2) is 23.3 Å². The lowest BCUT2D eigenvalue weighted by Crippen LogP contribution is -2.43. The first-order valence-corrected chi connectivity index (χ1v) is 12.0. The van der Waals surface area contributed by atoms with Crippen LogP contribution in [0.5, 0.6) is 0 Å². The minimum absolute atomic E-state index is 0. The Morgan fingerprint density at radius 1 is 1.13 bits per heavy atom. The Labute approximate surface area is 206 Å². The predicted octanol–water partition coefficient (Wildman–Crippen LogP) is 4.73. The first-order valence-electron chi connectivity index (χ1n) is 12.0. The number of piperidine rings is 1. The van der Waals surface area contributed by atoms with E-state index < -0.39 is 0 Å². The van der Waals surface area contributed by atoms with Crippen molar-refractivity contribution in [3.63, 3.8) is 0 Å². The van der Waals surface area contributed by atoms with Crippen molar-refractivity contribution >= 4 is 35.8 Å². The molecule has 3 rings (SSSR count). The topological polar surface area (TPSA) is 61.8 Å². The number of hydrogen-bond acceptors (Lipinski definition) is 4. The molecule has 0 amide bonds. The molecule has 2 heterocycles. The standard InChI is InChI=1S/C24H41N5O.HI/c1-3-25-23(28-20-24(11-6-7-12-24)13-17-30-4-2)27-19-21-10-14-26-22(18-21)29-15-8-5-9-16-29;/h10,14,18H,3-9,11-13,15-17,19-20H2,1-2H3,(H2,25,27,28);1H. The van der Waals surface area contributed by atoms with Crippen molar-refractivity contribution in [3.05, 3.63) is 23.9 Å². The van der Waals surface area contributed by atoms with Crippen molar-refractivity contribution in [1.82, 2.24) is 15.6 Å². The number of anilines is 1. The molecular weight excluding hydrogens is 501 g/mol. The molecule has 0 bridgehead atoms. The lowest BCUT2D eigenvalue weighted by atomic mass is 9.83. The van der Waals surface area contributed by atoms with Gasteiger partial charge in [0.2, 0.25) is 0 Å². The molecule has 2 N–H and O–H groups in total. The van der Waals surface area contributed by atoms with Crippen LogP contribution in [0.2, 0.25) is 0 Å². The molecule has 6 nitrogen and oxygen atoms in total. The molecule has 0 radical (unpaired) electrons. The molecular formula is C24H42IN5O. The predicted molar refractivity (Wildman–Crippen MR) is 141 cm³/mol. The molecule has 1 saturated heterocycles. The van der Waals surface area contributed by atoms with E-state index in [2.05, 4.69) is 46.5 Å². The Bertz CT molecular complexity index is 657. The van der Waals surface area contributed by atoms with Crippen molar-refractivity contribution in [1.29, 1.82) is 0 Å². The molecule has 0 aromatic carbocycles. The van der Waals surface area contributed by atoms with Gasteiger partial charge in [-0.1, -0.05) is 12.8 Å². The van der Waals surface area contributed by atoms with Crippen molar-refractivity contribution in [3.8, 4) is 0 Å². The van der Waals surface area contributed by atoms with E-state index >= 15 is 0 Å². The van der Waals surface area contributed by atoms with E-state index in [9.17, 15) is 0 Å². The zero-order valence-electron chi connectivity index (χ0n) is 19.5. The maximum atomic E-state index is 5.66. The third-order valence-corrected chi connectivity index (χ3v) is 6.53. The molecule has 31 heavy (non-hydrogen) atoms. The van der Waals surface area contributed by atoms with E-state index in [1.807, 2.05) is 6.20 Å². The fourth-order valence-corrected chi connectivity index (χ4v) is 4.71. The van der Waals surface area contributed by atoms with Crippen LogP contribution in [0.4, 0.5) is 5.82 Å². The summed E-state index contributed by atoms with van der Waals surface area (Å²) >= 11 is 0. The van der Waals surface area contributed by atoms with Gasteiger partial charge in [-0.05, 0) is 75.5 Å². The van der Waals surface area contributed by atoms with E-state index in [4.69, 9.17) is 9.73 Å². The molecule has 1 aromatic rings. The van der Waals surface area contributed by atoms with Crippen molar-refractivity contribution in [2.75, 3.05) is 44.3 Å². The van der Waals surface area contributed by atoms with Crippen LogP contribution in [-0.4, -0.2) is 50.3 Å². The minimum Gasteiger partial charge on any atom is -0.382 e. The van der Waals surface area contributed by atoms with E-state index in [0.29, 0.717) is 12.0 Å². The van der Waals surface area contributed by atoms with Gasteiger partial charge in [-0.2, -0.15) is 0 Å². The quantitative estimate of drug-likeness (QED) is 0.193. The molecule has 176 valence electrons. The van der Waals surface area contributed by atoms with E-state index in [1.54, 1.807) is 0 Å². The zero-order valence-corrected chi connectivity index (χ0v) is 21.8. The first-order chi connectivity index (χ1) is 14.7. The highest BCUT2D eigenvalue weighted by Gasteiger charge is 2.33. The number of ether oxygens (including phenoxy) is 1. The van der Waals surface area contributed by atoms with E-state index in [-0.39, 0.29) is 24.0 Å². The number of nitrogens with one attached hydrogen (secondary N) is 2. The van der Waals surface area contributed by atoms with Crippen LogP contribution in [0, 0.1) is 5.41 Å². The van der Waals surface area contributed by atoms with Crippen molar-refractivity contribution < 1.29 is 4.74 Å². The van der Waals surface area contributed by atoms with Crippen LogP contribution >= 0.6 is 24.0 Å². The van der Waals surface area contributed by atoms with Crippen LogP contribution in [-0.2, 0) is 11.3 Å². The fraction of sp³-hybridized carbons (Fsp3) is 0.750. The van der Waals surface area contributed by atoms with Crippen LogP contribution < -0.4 is 15.5 Å². The van der Waals surface area contributed by atoms with Gasteiger partial charge in [0.05, 0.1) is 6.54 Å². The molecule has 7 heteroatoms. The Kier molecular flexibility index (Phi) is 11.9. The van der Waals surface area contributed by atoms with Gasteiger partial charge in [0.15, 0.2) is 5.96 Å². The molecule has 0 unspecified atom stereocenters. The fourth-order valence-electron chi connectivity index (χ4n) is 4.71. The summed E-state index contributed by atoms with van der Waals surface area (Å²) in [5.41, 5.74) is 1.57. The van der Waals surface area contributed by atoms with Gasteiger partial charge < -0.3 is 20.3 Å². The van der Waals surface area contributed by atoms with Gasteiger partial charge in [-0.15, -0.1) is 24.0 Å². The zero-order chi connectivity index (χ0) is 21.1. The summed E-state index contributed by atoms with van der Waals surface area (Å²) in [4.78, 5) is 11.9. The summed E-state index contributed by atoms with van der Waals surface area (Å²) in [6.45, 7) is 10.6. The number of hydrogen-bond donors (Lipinski definition) is 2. The molecule has 0 spiro atoms. The third-order valence-electron chi connectivity index (χ3n) is 6.53. The SMILES string of the molecule is CCNC(=NCc1ccnc(N2CCCCC2)c1)NCC1(CCOCC)CCCC1.I. The van der Waals surface area contributed by atoms with Gasteiger partial charge in [0.1, 0.15) is 5.82 Å². The van der Waals surface area contributed by atoms with Crippen molar-refractivity contribution in [2.24, 2.45) is 10.4 Å². The number of aliphatic imine (C=N–C) groups is 1. The molecule has 2 aliphatic rings. The van der Waals surface area contributed by atoms with Gasteiger partial charge in [0, 0.05) is 45.6 Å². The van der Waals surface area contributed by atoms with Gasteiger partial charge in [-0.25, -0.2) is 9.98 Å². The average Bonchev–Trinajstić information content (AvgIpc) is 3.26. The molecule has 0 atom stereocenters. The Morgan fingerprint density at radius 2 is 1.90 bits per heavy atom. The maximum Gasteiger partial charge on any atom is 0.191 e. The van der Waals surface area contributed by atoms with E-state index in [0.717, 1.165) is 57.6 Å². The highest BCUT2D eigenvalue weighted by Crippen LogP contribution is 2.40. The second kappa shape index (κ2) is 14.1. The normalized spacial score (nSPS) is 18.5. The summed E-state index contributed by atoms with van der Waals surface area (Å²) in [6.07, 6.45) is 12.2. The highest BCUT2D eigenvalue weighted by atomic mass is 127. The molecule has 1 aliphatic carbocycles.